The number of rotatable bonds is 4. The first-order valence-corrected chi connectivity index (χ1v) is 8.20. The second kappa shape index (κ2) is 7.15. The molecule has 2 aromatic rings. The summed E-state index contributed by atoms with van der Waals surface area (Å²) in [7, 11) is 0. The maximum atomic E-state index is 12.2. The lowest BCUT2D eigenvalue weighted by Crippen LogP contribution is -2.50. The van der Waals surface area contributed by atoms with Crippen LogP contribution in [0.2, 0.25) is 5.02 Å². The van der Waals surface area contributed by atoms with Crippen molar-refractivity contribution in [2.45, 2.75) is 25.8 Å². The summed E-state index contributed by atoms with van der Waals surface area (Å²) in [6.45, 7) is 4.00. The molecule has 1 amide bonds. The highest BCUT2D eigenvalue weighted by Gasteiger charge is 2.23. The monoisotopic (exact) mass is 333 g/mol. The second-order valence-electron chi connectivity index (χ2n) is 5.97. The molecular formula is C17H20ClN3O2. The van der Waals surface area contributed by atoms with Gasteiger partial charge in [0.2, 0.25) is 11.8 Å². The number of aromatic nitrogens is 1. The summed E-state index contributed by atoms with van der Waals surface area (Å²) < 4.78 is 5.46. The SMILES string of the molecule is CC1CCNCC1NC(=O)Cc1coc(-c2ccc(Cl)cc2)n1. The first kappa shape index (κ1) is 16.0. The lowest BCUT2D eigenvalue weighted by Gasteiger charge is -2.30. The zero-order valence-electron chi connectivity index (χ0n) is 13.0. The van der Waals surface area contributed by atoms with E-state index >= 15 is 0 Å². The lowest BCUT2D eigenvalue weighted by molar-refractivity contribution is -0.121. The van der Waals surface area contributed by atoms with Crippen molar-refractivity contribution in [3.63, 3.8) is 0 Å². The molecule has 23 heavy (non-hydrogen) atoms. The van der Waals surface area contributed by atoms with E-state index in [1.165, 1.54) is 6.26 Å². The van der Waals surface area contributed by atoms with Crippen molar-refractivity contribution in [2.75, 3.05) is 13.1 Å². The highest BCUT2D eigenvalue weighted by atomic mass is 35.5. The van der Waals surface area contributed by atoms with E-state index in [0.29, 0.717) is 22.5 Å². The predicted molar refractivity (Wildman–Crippen MR) is 89.2 cm³/mol. The van der Waals surface area contributed by atoms with Gasteiger partial charge >= 0.3 is 0 Å². The van der Waals surface area contributed by atoms with E-state index in [-0.39, 0.29) is 18.4 Å². The van der Waals surface area contributed by atoms with E-state index in [4.69, 9.17) is 16.0 Å². The molecule has 2 unspecified atom stereocenters. The van der Waals surface area contributed by atoms with Gasteiger partial charge in [0.25, 0.3) is 0 Å². The van der Waals surface area contributed by atoms with Crippen molar-refractivity contribution >= 4 is 17.5 Å². The van der Waals surface area contributed by atoms with Gasteiger partial charge in [-0.15, -0.1) is 0 Å². The third-order valence-electron chi connectivity index (χ3n) is 4.16. The third kappa shape index (κ3) is 4.12. The topological polar surface area (TPSA) is 67.2 Å². The van der Waals surface area contributed by atoms with E-state index in [1.54, 1.807) is 12.1 Å². The number of hydrogen-bond acceptors (Lipinski definition) is 4. The van der Waals surface area contributed by atoms with Crippen LogP contribution in [0.3, 0.4) is 0 Å². The minimum absolute atomic E-state index is 0.0264. The number of carbonyl (C=O) groups excluding carboxylic acids is 1. The summed E-state index contributed by atoms with van der Waals surface area (Å²) in [6, 6.07) is 7.43. The fraction of sp³-hybridized carbons (Fsp3) is 0.412. The summed E-state index contributed by atoms with van der Waals surface area (Å²) in [6.07, 6.45) is 2.84. The van der Waals surface area contributed by atoms with Crippen LogP contribution < -0.4 is 10.6 Å². The Kier molecular flexibility index (Phi) is 4.98. The molecule has 5 nitrogen and oxygen atoms in total. The molecule has 2 atom stereocenters. The number of piperidine rings is 1. The molecule has 0 spiro atoms. The Morgan fingerprint density at radius 1 is 1.43 bits per heavy atom. The summed E-state index contributed by atoms with van der Waals surface area (Å²) in [5, 5.41) is 7.04. The normalized spacial score (nSPS) is 21.1. The van der Waals surface area contributed by atoms with Crippen molar-refractivity contribution in [1.29, 1.82) is 0 Å². The Balaban J connectivity index is 1.60. The summed E-state index contributed by atoms with van der Waals surface area (Å²) in [5.74, 6) is 0.959. The molecule has 1 aromatic heterocycles. The Bertz CT molecular complexity index is 669. The maximum absolute atomic E-state index is 12.2. The Hall–Kier alpha value is -1.85. The maximum Gasteiger partial charge on any atom is 0.226 e. The molecule has 2 heterocycles. The minimum atomic E-state index is -0.0264. The van der Waals surface area contributed by atoms with Gasteiger partial charge in [-0.25, -0.2) is 4.98 Å². The Morgan fingerprint density at radius 3 is 2.96 bits per heavy atom. The molecule has 122 valence electrons. The van der Waals surface area contributed by atoms with E-state index in [0.717, 1.165) is 25.1 Å². The number of carbonyl (C=O) groups is 1. The van der Waals surface area contributed by atoms with E-state index in [2.05, 4.69) is 22.5 Å². The third-order valence-corrected chi connectivity index (χ3v) is 4.41. The zero-order valence-corrected chi connectivity index (χ0v) is 13.8. The predicted octanol–water partition coefficient (Wildman–Crippen LogP) is 2.65. The van der Waals surface area contributed by atoms with Gasteiger partial charge in [-0.1, -0.05) is 18.5 Å². The Labute approximate surface area is 140 Å². The number of amides is 1. The molecule has 6 heteroatoms. The van der Waals surface area contributed by atoms with Crippen LogP contribution in [-0.2, 0) is 11.2 Å². The van der Waals surface area contributed by atoms with E-state index in [1.807, 2.05) is 12.1 Å². The smallest absolute Gasteiger partial charge is 0.226 e. The van der Waals surface area contributed by atoms with Crippen molar-refractivity contribution in [3.05, 3.63) is 41.2 Å². The summed E-state index contributed by atoms with van der Waals surface area (Å²) in [5.41, 5.74) is 1.47. The van der Waals surface area contributed by atoms with Crippen molar-refractivity contribution in [3.8, 4) is 11.5 Å². The van der Waals surface area contributed by atoms with Gasteiger partial charge in [0.1, 0.15) is 6.26 Å². The van der Waals surface area contributed by atoms with Gasteiger partial charge < -0.3 is 15.1 Å². The van der Waals surface area contributed by atoms with Gasteiger partial charge in [0, 0.05) is 23.2 Å². The van der Waals surface area contributed by atoms with Crippen LogP contribution in [0.5, 0.6) is 0 Å². The van der Waals surface area contributed by atoms with Crippen molar-refractivity contribution in [1.82, 2.24) is 15.6 Å². The number of benzene rings is 1. The largest absolute Gasteiger partial charge is 0.444 e. The molecule has 0 aliphatic carbocycles. The molecule has 0 saturated carbocycles. The minimum Gasteiger partial charge on any atom is -0.444 e. The van der Waals surface area contributed by atoms with Gasteiger partial charge in [-0.05, 0) is 43.1 Å². The molecular weight excluding hydrogens is 314 g/mol. The molecule has 3 rings (SSSR count). The molecule has 2 N–H and O–H groups in total. The molecule has 1 saturated heterocycles. The summed E-state index contributed by atoms with van der Waals surface area (Å²) in [4.78, 5) is 16.6. The first-order chi connectivity index (χ1) is 11.1. The van der Waals surface area contributed by atoms with Gasteiger partial charge in [-0.2, -0.15) is 0 Å². The van der Waals surface area contributed by atoms with E-state index < -0.39 is 0 Å². The quantitative estimate of drug-likeness (QED) is 0.902. The van der Waals surface area contributed by atoms with Gasteiger partial charge in [0.05, 0.1) is 12.1 Å². The van der Waals surface area contributed by atoms with Gasteiger partial charge in [-0.3, -0.25) is 4.79 Å². The number of nitrogens with zero attached hydrogens (tertiary/aromatic N) is 1. The van der Waals surface area contributed by atoms with Crippen molar-refractivity contribution in [2.24, 2.45) is 5.92 Å². The van der Waals surface area contributed by atoms with Gasteiger partial charge in [0.15, 0.2) is 0 Å². The van der Waals surface area contributed by atoms with Crippen LogP contribution in [0.25, 0.3) is 11.5 Å². The molecule has 1 aliphatic heterocycles. The fourth-order valence-corrected chi connectivity index (χ4v) is 2.84. The highest BCUT2D eigenvalue weighted by molar-refractivity contribution is 6.30. The number of oxazole rings is 1. The van der Waals surface area contributed by atoms with Crippen LogP contribution >= 0.6 is 11.6 Å². The second-order valence-corrected chi connectivity index (χ2v) is 6.41. The summed E-state index contributed by atoms with van der Waals surface area (Å²) >= 11 is 5.87. The average Bonchev–Trinajstić information content (AvgIpc) is 2.98. The number of nitrogens with one attached hydrogen (secondary N) is 2. The average molecular weight is 334 g/mol. The standard InChI is InChI=1S/C17H20ClN3O2/c1-11-6-7-19-9-15(11)21-16(22)8-14-10-23-17(20-14)12-2-4-13(18)5-3-12/h2-5,10-11,15,19H,6-9H2,1H3,(H,21,22). The molecule has 1 aromatic carbocycles. The molecule has 0 bridgehead atoms. The van der Waals surface area contributed by atoms with Crippen LogP contribution in [0.15, 0.2) is 34.9 Å². The molecule has 1 fully saturated rings. The number of hydrogen-bond donors (Lipinski definition) is 2. The number of halogens is 1. The van der Waals surface area contributed by atoms with Crippen LogP contribution in [0.4, 0.5) is 0 Å². The Morgan fingerprint density at radius 2 is 2.22 bits per heavy atom. The lowest BCUT2D eigenvalue weighted by atomic mass is 9.95. The zero-order chi connectivity index (χ0) is 16.2. The molecule has 0 radical (unpaired) electrons. The molecule has 1 aliphatic rings. The van der Waals surface area contributed by atoms with Crippen molar-refractivity contribution < 1.29 is 9.21 Å². The van der Waals surface area contributed by atoms with E-state index in [9.17, 15) is 4.79 Å². The van der Waals surface area contributed by atoms with Crippen LogP contribution in [0.1, 0.15) is 19.0 Å². The van der Waals surface area contributed by atoms with Crippen LogP contribution in [-0.4, -0.2) is 30.0 Å². The fourth-order valence-electron chi connectivity index (χ4n) is 2.72. The highest BCUT2D eigenvalue weighted by Crippen LogP contribution is 2.21. The van der Waals surface area contributed by atoms with Crippen LogP contribution in [0, 0.1) is 5.92 Å². The first-order valence-electron chi connectivity index (χ1n) is 7.82.